The summed E-state index contributed by atoms with van der Waals surface area (Å²) in [7, 11) is 0. The first-order valence-electron chi connectivity index (χ1n) is 5.39. The second kappa shape index (κ2) is 5.25. The summed E-state index contributed by atoms with van der Waals surface area (Å²) in [5.41, 5.74) is 0.864. The van der Waals surface area contributed by atoms with Crippen LogP contribution in [0, 0.1) is 5.82 Å². The highest BCUT2D eigenvalue weighted by molar-refractivity contribution is 9.10. The van der Waals surface area contributed by atoms with E-state index in [1.165, 1.54) is 12.1 Å². The lowest BCUT2D eigenvalue weighted by atomic mass is 10.1. The maximum absolute atomic E-state index is 13.2. The molecule has 2 atom stereocenters. The number of hydrogen-bond donors (Lipinski definition) is 0. The lowest BCUT2D eigenvalue weighted by molar-refractivity contribution is 0.0388. The van der Waals surface area contributed by atoms with Crippen molar-refractivity contribution in [1.29, 1.82) is 0 Å². The highest BCUT2D eigenvalue weighted by Crippen LogP contribution is 2.30. The predicted octanol–water partition coefficient (Wildman–Crippen LogP) is 3.45. The first kappa shape index (κ1) is 12.0. The van der Waals surface area contributed by atoms with Gasteiger partial charge in [-0.3, -0.25) is 0 Å². The highest BCUT2D eigenvalue weighted by Gasteiger charge is 2.25. The minimum Gasteiger partial charge on any atom is -0.371 e. The van der Waals surface area contributed by atoms with Crippen LogP contribution in [0.2, 0.25) is 0 Å². The van der Waals surface area contributed by atoms with Gasteiger partial charge in [0.15, 0.2) is 0 Å². The molecule has 1 fully saturated rings. The first-order chi connectivity index (χ1) is 7.70. The van der Waals surface area contributed by atoms with Crippen molar-refractivity contribution in [3.63, 3.8) is 0 Å². The average molecular weight is 289 g/mol. The van der Waals surface area contributed by atoms with Crippen LogP contribution < -0.4 is 0 Å². The van der Waals surface area contributed by atoms with E-state index >= 15 is 0 Å². The van der Waals surface area contributed by atoms with Gasteiger partial charge in [-0.1, -0.05) is 22.9 Å². The van der Waals surface area contributed by atoms with Crippen molar-refractivity contribution in [2.75, 3.05) is 13.2 Å². The van der Waals surface area contributed by atoms with E-state index in [0.717, 1.165) is 23.1 Å². The molecule has 1 aliphatic heterocycles. The third-order valence-corrected chi connectivity index (χ3v) is 3.28. The van der Waals surface area contributed by atoms with Crippen molar-refractivity contribution in [3.05, 3.63) is 34.1 Å². The molecule has 16 heavy (non-hydrogen) atoms. The Labute approximate surface area is 103 Å². The molecule has 0 spiro atoms. The molecule has 0 saturated carbocycles. The number of halogens is 2. The van der Waals surface area contributed by atoms with Gasteiger partial charge in [-0.25, -0.2) is 4.39 Å². The Hall–Kier alpha value is -0.450. The van der Waals surface area contributed by atoms with Gasteiger partial charge >= 0.3 is 0 Å². The number of epoxide rings is 1. The minimum absolute atomic E-state index is 0.0747. The molecule has 0 amide bonds. The molecule has 0 radical (unpaired) electrons. The zero-order valence-corrected chi connectivity index (χ0v) is 10.7. The van der Waals surface area contributed by atoms with E-state index in [-0.39, 0.29) is 18.0 Å². The zero-order valence-electron chi connectivity index (χ0n) is 9.08. The van der Waals surface area contributed by atoms with Crippen LogP contribution in [0.15, 0.2) is 22.7 Å². The summed E-state index contributed by atoms with van der Waals surface area (Å²) in [4.78, 5) is 0. The minimum atomic E-state index is -0.233. The fourth-order valence-electron chi connectivity index (χ4n) is 1.58. The zero-order chi connectivity index (χ0) is 11.5. The molecule has 0 unspecified atom stereocenters. The third-order valence-electron chi connectivity index (χ3n) is 2.56. The van der Waals surface area contributed by atoms with Gasteiger partial charge in [-0.05, 0) is 30.2 Å². The third kappa shape index (κ3) is 3.03. The Kier molecular flexibility index (Phi) is 3.95. The molecule has 1 aliphatic rings. The van der Waals surface area contributed by atoms with Crippen molar-refractivity contribution in [1.82, 2.24) is 0 Å². The molecule has 0 aliphatic carbocycles. The molecule has 2 nitrogen and oxygen atoms in total. The summed E-state index contributed by atoms with van der Waals surface area (Å²) in [6.07, 6.45) is 0.977. The Morgan fingerprint density at radius 1 is 1.62 bits per heavy atom. The number of rotatable bonds is 5. The first-order valence-corrected chi connectivity index (χ1v) is 6.18. The molecule has 1 aromatic rings. The van der Waals surface area contributed by atoms with E-state index in [4.69, 9.17) is 9.47 Å². The lowest BCUT2D eigenvalue weighted by Crippen LogP contribution is -2.09. The maximum Gasteiger partial charge on any atom is 0.123 e. The van der Waals surface area contributed by atoms with Gasteiger partial charge in [-0.15, -0.1) is 0 Å². The molecule has 2 rings (SSSR count). The second-order valence-electron chi connectivity index (χ2n) is 3.85. The van der Waals surface area contributed by atoms with Crippen molar-refractivity contribution in [3.8, 4) is 0 Å². The average Bonchev–Trinajstić information content (AvgIpc) is 3.07. The van der Waals surface area contributed by atoms with Crippen LogP contribution >= 0.6 is 15.9 Å². The predicted molar refractivity (Wildman–Crippen MR) is 62.8 cm³/mol. The van der Waals surface area contributed by atoms with Crippen LogP contribution in [0.1, 0.15) is 25.0 Å². The summed E-state index contributed by atoms with van der Waals surface area (Å²) in [6.45, 7) is 3.39. The van der Waals surface area contributed by atoms with Crippen LogP contribution in [0.5, 0.6) is 0 Å². The fourth-order valence-corrected chi connectivity index (χ4v) is 2.08. The van der Waals surface area contributed by atoms with E-state index in [1.807, 2.05) is 6.92 Å². The van der Waals surface area contributed by atoms with Gasteiger partial charge < -0.3 is 9.47 Å². The Balaban J connectivity index is 2.07. The quantitative estimate of drug-likeness (QED) is 0.774. The van der Waals surface area contributed by atoms with Crippen LogP contribution in [0.4, 0.5) is 4.39 Å². The fraction of sp³-hybridized carbons (Fsp3) is 0.500. The lowest BCUT2D eigenvalue weighted by Gasteiger charge is -2.17. The molecule has 4 heteroatoms. The SMILES string of the molecule is CC[C@@H](OC[C@H]1CO1)c1cc(F)ccc1Br. The van der Waals surface area contributed by atoms with Crippen LogP contribution in [-0.2, 0) is 9.47 Å². The van der Waals surface area contributed by atoms with Gasteiger partial charge in [0.1, 0.15) is 11.9 Å². The summed E-state index contributed by atoms with van der Waals surface area (Å²) in [5.74, 6) is -0.233. The molecule has 88 valence electrons. The largest absolute Gasteiger partial charge is 0.371 e. The molecular weight excluding hydrogens is 275 g/mol. The van der Waals surface area contributed by atoms with E-state index in [1.54, 1.807) is 6.07 Å². The maximum atomic E-state index is 13.2. The van der Waals surface area contributed by atoms with Gasteiger partial charge in [0.2, 0.25) is 0 Å². The highest BCUT2D eigenvalue weighted by atomic mass is 79.9. The van der Waals surface area contributed by atoms with Crippen molar-refractivity contribution in [2.45, 2.75) is 25.6 Å². The van der Waals surface area contributed by atoms with Crippen LogP contribution in [0.3, 0.4) is 0 Å². The smallest absolute Gasteiger partial charge is 0.123 e. The summed E-state index contributed by atoms with van der Waals surface area (Å²) < 4.78 is 24.8. The molecular formula is C12H14BrFO2. The van der Waals surface area contributed by atoms with Crippen LogP contribution in [-0.4, -0.2) is 19.3 Å². The second-order valence-corrected chi connectivity index (χ2v) is 4.71. The van der Waals surface area contributed by atoms with Gasteiger partial charge in [0.05, 0.1) is 19.3 Å². The molecule has 0 aromatic heterocycles. The van der Waals surface area contributed by atoms with Gasteiger partial charge in [0.25, 0.3) is 0 Å². The van der Waals surface area contributed by atoms with Gasteiger partial charge in [0, 0.05) is 4.47 Å². The molecule has 0 N–H and O–H groups in total. The molecule has 0 bridgehead atoms. The number of ether oxygens (including phenoxy) is 2. The summed E-state index contributed by atoms with van der Waals surface area (Å²) in [5, 5.41) is 0. The normalized spacial score (nSPS) is 20.8. The van der Waals surface area contributed by atoms with Gasteiger partial charge in [-0.2, -0.15) is 0 Å². The van der Waals surface area contributed by atoms with E-state index in [2.05, 4.69) is 15.9 Å². The van der Waals surface area contributed by atoms with Crippen molar-refractivity contribution < 1.29 is 13.9 Å². The van der Waals surface area contributed by atoms with E-state index in [9.17, 15) is 4.39 Å². The number of hydrogen-bond acceptors (Lipinski definition) is 2. The molecule has 1 aromatic carbocycles. The summed E-state index contributed by atoms with van der Waals surface area (Å²) in [6, 6.07) is 4.67. The standard InChI is InChI=1S/C12H14BrFO2/c1-2-12(16-7-9-6-15-9)10-5-8(14)3-4-11(10)13/h3-5,9,12H,2,6-7H2,1H3/t9-,12-/m1/s1. The van der Waals surface area contributed by atoms with Crippen molar-refractivity contribution >= 4 is 15.9 Å². The Morgan fingerprint density at radius 3 is 3.00 bits per heavy atom. The Morgan fingerprint density at radius 2 is 2.38 bits per heavy atom. The van der Waals surface area contributed by atoms with Crippen LogP contribution in [0.25, 0.3) is 0 Å². The molecule has 1 heterocycles. The van der Waals surface area contributed by atoms with E-state index in [0.29, 0.717) is 6.61 Å². The molecule has 1 saturated heterocycles. The Bertz CT molecular complexity index is 366. The topological polar surface area (TPSA) is 21.8 Å². The van der Waals surface area contributed by atoms with E-state index < -0.39 is 0 Å². The number of benzene rings is 1. The monoisotopic (exact) mass is 288 g/mol. The summed E-state index contributed by atoms with van der Waals surface area (Å²) >= 11 is 3.42. The van der Waals surface area contributed by atoms with Crippen molar-refractivity contribution in [2.24, 2.45) is 0 Å².